The van der Waals surface area contributed by atoms with Crippen LogP contribution in [0.25, 0.3) is 0 Å². The van der Waals surface area contributed by atoms with E-state index in [1.54, 1.807) is 39.8 Å². The van der Waals surface area contributed by atoms with Crippen LogP contribution in [0, 0.1) is 0 Å². The molecule has 0 unspecified atom stereocenters. The van der Waals surface area contributed by atoms with Crippen LogP contribution in [0.5, 0.6) is 0 Å². The van der Waals surface area contributed by atoms with Gasteiger partial charge in [-0.15, -0.1) is 0 Å². The smallest absolute Gasteiger partial charge is 0.263 e. The summed E-state index contributed by atoms with van der Waals surface area (Å²) in [5.74, 6) is 0.132. The average molecular weight is 513 g/mol. The molecule has 0 saturated heterocycles. The largest absolute Gasteiger partial charge is 0.302 e. The maximum atomic E-state index is 13.8. The number of nitrogens with one attached hydrogen (secondary N) is 1. The number of hydrogen-bond acceptors (Lipinski definition) is 7. The van der Waals surface area contributed by atoms with Crippen molar-refractivity contribution in [2.24, 2.45) is 19.1 Å². The average Bonchev–Trinajstić information content (AvgIpc) is 3.17. The Labute approximate surface area is 207 Å². The van der Waals surface area contributed by atoms with E-state index in [0.717, 1.165) is 11.1 Å². The van der Waals surface area contributed by atoms with E-state index in [1.165, 1.54) is 12.1 Å². The number of aryl methyl sites for hydroxylation is 2. The number of carbonyl (C=O) groups excluding carboxylic acids is 1. The number of alkyl halides is 1. The highest BCUT2D eigenvalue weighted by Gasteiger charge is 2.47. The number of hydrogen-bond donors (Lipinski definition) is 1. The maximum Gasteiger partial charge on any atom is 0.263 e. The van der Waals surface area contributed by atoms with Crippen LogP contribution >= 0.6 is 0 Å². The first-order valence-corrected chi connectivity index (χ1v) is 13.0. The van der Waals surface area contributed by atoms with Crippen molar-refractivity contribution in [3.05, 3.63) is 59.7 Å². The molecule has 1 aliphatic carbocycles. The number of sulfonamides is 1. The van der Waals surface area contributed by atoms with Crippen molar-refractivity contribution >= 4 is 27.6 Å². The molecule has 0 radical (unpaired) electrons. The van der Waals surface area contributed by atoms with Gasteiger partial charge in [0.1, 0.15) is 6.67 Å². The minimum absolute atomic E-state index is 0.0758. The SMILES string of the molecule is Cn1cc(CN2C(=O)c3cc(S(=O)(=O)NC4(CF)CC4)ccc3N3C2=NC[C@H]3c2cnn(C)c2)cn1. The van der Waals surface area contributed by atoms with Gasteiger partial charge in [0.2, 0.25) is 16.0 Å². The fraction of sp³-hybridized carbons (Fsp3) is 0.391. The van der Waals surface area contributed by atoms with Crippen LogP contribution in [0.1, 0.15) is 40.4 Å². The number of benzene rings is 1. The first-order valence-electron chi connectivity index (χ1n) is 11.6. The number of amides is 1. The lowest BCUT2D eigenvalue weighted by Gasteiger charge is -2.38. The molecule has 2 aliphatic heterocycles. The molecule has 0 spiro atoms. The fourth-order valence-electron chi connectivity index (χ4n) is 4.76. The van der Waals surface area contributed by atoms with Crippen molar-refractivity contribution in [3.8, 4) is 0 Å². The summed E-state index contributed by atoms with van der Waals surface area (Å²) in [6, 6.07) is 4.25. The quantitative estimate of drug-likeness (QED) is 0.513. The molecule has 1 aromatic carbocycles. The van der Waals surface area contributed by atoms with Crippen LogP contribution in [0.4, 0.5) is 10.1 Å². The lowest BCUT2D eigenvalue weighted by Crippen LogP contribution is -2.50. The Balaban J connectivity index is 1.43. The van der Waals surface area contributed by atoms with Crippen molar-refractivity contribution in [3.63, 3.8) is 0 Å². The topological polar surface area (TPSA) is 118 Å². The number of aliphatic imine (C=N–C) groups is 1. The minimum Gasteiger partial charge on any atom is -0.302 e. The Kier molecular flexibility index (Phi) is 5.06. The van der Waals surface area contributed by atoms with Gasteiger partial charge in [0.05, 0.1) is 53.2 Å². The third-order valence-corrected chi connectivity index (χ3v) is 8.43. The highest BCUT2D eigenvalue weighted by atomic mass is 32.2. The molecular weight excluding hydrogens is 487 g/mol. The van der Waals surface area contributed by atoms with E-state index in [1.807, 2.05) is 24.3 Å². The first-order chi connectivity index (χ1) is 17.2. The second kappa shape index (κ2) is 7.96. The number of fused-ring (bicyclic) bond motifs is 3. The van der Waals surface area contributed by atoms with E-state index in [9.17, 15) is 17.6 Å². The van der Waals surface area contributed by atoms with Gasteiger partial charge in [0.25, 0.3) is 5.91 Å². The molecule has 0 bridgehead atoms. The number of halogens is 1. The third-order valence-electron chi connectivity index (χ3n) is 6.86. The zero-order chi connectivity index (χ0) is 25.2. The normalized spacial score (nSPS) is 20.4. The molecule has 1 N–H and O–H groups in total. The number of nitrogens with zero attached hydrogens (tertiary/aromatic N) is 7. The predicted octanol–water partition coefficient (Wildman–Crippen LogP) is 1.51. The van der Waals surface area contributed by atoms with Gasteiger partial charge in [0.15, 0.2) is 0 Å². The van der Waals surface area contributed by atoms with Crippen molar-refractivity contribution < 1.29 is 17.6 Å². The van der Waals surface area contributed by atoms with Crippen molar-refractivity contribution in [1.82, 2.24) is 29.2 Å². The Bertz CT molecular complexity index is 1510. The molecule has 13 heteroatoms. The molecule has 4 heterocycles. The fourth-order valence-corrected chi connectivity index (χ4v) is 6.23. The Morgan fingerprint density at radius 3 is 2.53 bits per heavy atom. The van der Waals surface area contributed by atoms with E-state index in [4.69, 9.17) is 4.99 Å². The van der Waals surface area contributed by atoms with Gasteiger partial charge in [-0.2, -0.15) is 10.2 Å². The molecule has 188 valence electrons. The first kappa shape index (κ1) is 22.9. The van der Waals surface area contributed by atoms with Gasteiger partial charge in [-0.05, 0) is 31.0 Å². The molecule has 1 fully saturated rings. The zero-order valence-electron chi connectivity index (χ0n) is 19.8. The van der Waals surface area contributed by atoms with Crippen LogP contribution in [0.3, 0.4) is 0 Å². The number of rotatable bonds is 7. The van der Waals surface area contributed by atoms with Crippen LogP contribution < -0.4 is 9.62 Å². The van der Waals surface area contributed by atoms with Gasteiger partial charge in [-0.1, -0.05) is 0 Å². The molecule has 6 rings (SSSR count). The van der Waals surface area contributed by atoms with Gasteiger partial charge in [-0.25, -0.2) is 22.5 Å². The van der Waals surface area contributed by atoms with E-state index in [2.05, 4.69) is 14.9 Å². The molecule has 11 nitrogen and oxygen atoms in total. The van der Waals surface area contributed by atoms with E-state index in [-0.39, 0.29) is 29.0 Å². The predicted molar refractivity (Wildman–Crippen MR) is 129 cm³/mol. The molecule has 1 saturated carbocycles. The maximum absolute atomic E-state index is 13.8. The standard InChI is InChI=1S/C23H25FN8O3S/c1-29-11-15(8-26-29)12-31-21(33)18-7-17(36(34,35)28-23(14-24)5-6-23)3-4-19(18)32-20(10-25-22(31)32)16-9-27-30(2)13-16/h3-4,7-9,11,13,20,28H,5-6,10,12,14H2,1-2H3/t20-/m0/s1. The summed E-state index contributed by atoms with van der Waals surface area (Å²) in [4.78, 5) is 21.9. The zero-order valence-corrected chi connectivity index (χ0v) is 20.6. The van der Waals surface area contributed by atoms with Gasteiger partial charge in [-0.3, -0.25) is 19.1 Å². The van der Waals surface area contributed by atoms with E-state index < -0.39 is 22.2 Å². The molecule has 3 aromatic rings. The van der Waals surface area contributed by atoms with Crippen molar-refractivity contribution in [2.45, 2.75) is 35.9 Å². The molecule has 36 heavy (non-hydrogen) atoms. The number of anilines is 1. The molecule has 2 aromatic heterocycles. The van der Waals surface area contributed by atoms with Crippen LogP contribution in [0.2, 0.25) is 0 Å². The summed E-state index contributed by atoms with van der Waals surface area (Å²) in [5.41, 5.74) is 1.51. The summed E-state index contributed by atoms with van der Waals surface area (Å²) < 4.78 is 45.4. The second-order valence-corrected chi connectivity index (χ2v) is 11.3. The molecular formula is C23H25FN8O3S. The summed E-state index contributed by atoms with van der Waals surface area (Å²) >= 11 is 0. The summed E-state index contributed by atoms with van der Waals surface area (Å²) in [6.07, 6.45) is 8.06. The highest BCUT2D eigenvalue weighted by Crippen LogP contribution is 2.41. The van der Waals surface area contributed by atoms with Crippen molar-refractivity contribution in [1.29, 1.82) is 0 Å². The number of aromatic nitrogens is 4. The minimum atomic E-state index is -4.02. The molecule has 3 aliphatic rings. The van der Waals surface area contributed by atoms with Gasteiger partial charge >= 0.3 is 0 Å². The number of guanidine groups is 1. The molecule has 1 atom stereocenters. The van der Waals surface area contributed by atoms with Gasteiger partial charge in [0, 0.05) is 37.6 Å². The molecule has 1 amide bonds. The van der Waals surface area contributed by atoms with E-state index in [0.29, 0.717) is 31.0 Å². The Morgan fingerprint density at radius 1 is 1.14 bits per heavy atom. The summed E-state index contributed by atoms with van der Waals surface area (Å²) in [5, 5.41) is 8.48. The van der Waals surface area contributed by atoms with E-state index >= 15 is 0 Å². The monoisotopic (exact) mass is 512 g/mol. The van der Waals surface area contributed by atoms with Crippen LogP contribution in [-0.2, 0) is 30.7 Å². The lowest BCUT2D eigenvalue weighted by molar-refractivity contribution is 0.0832. The van der Waals surface area contributed by atoms with Gasteiger partial charge < -0.3 is 4.90 Å². The Hall–Kier alpha value is -3.58. The van der Waals surface area contributed by atoms with Crippen LogP contribution in [0.15, 0.2) is 52.9 Å². The van der Waals surface area contributed by atoms with Crippen LogP contribution in [-0.4, -0.2) is 63.5 Å². The van der Waals surface area contributed by atoms with Crippen molar-refractivity contribution in [2.75, 3.05) is 18.1 Å². The lowest BCUT2D eigenvalue weighted by atomic mass is 10.0. The second-order valence-electron chi connectivity index (χ2n) is 9.59. The third kappa shape index (κ3) is 3.69. The highest BCUT2D eigenvalue weighted by molar-refractivity contribution is 7.89. The summed E-state index contributed by atoms with van der Waals surface area (Å²) in [7, 11) is -0.393. The summed E-state index contributed by atoms with van der Waals surface area (Å²) in [6.45, 7) is -0.130. The number of carbonyl (C=O) groups is 1. The Morgan fingerprint density at radius 2 is 1.89 bits per heavy atom.